The standard InChI is InChI=1S/C22H24FN5O2S/c1-13-6-5-7-16(10-13)21(30)24-15(3)20-26-27-22(28(20)4)31-12-19(29)25-18-11-17(23)9-8-14(18)2/h5-11,15H,12H2,1-4H3,(H,24,30)(H,25,29)/t15-/m0/s1. The Morgan fingerprint density at radius 1 is 1.16 bits per heavy atom. The number of aromatic nitrogens is 3. The van der Waals surface area contributed by atoms with Gasteiger partial charge in [0.15, 0.2) is 11.0 Å². The Morgan fingerprint density at radius 2 is 1.94 bits per heavy atom. The minimum absolute atomic E-state index is 0.0892. The van der Waals surface area contributed by atoms with Gasteiger partial charge in [-0.1, -0.05) is 35.5 Å². The van der Waals surface area contributed by atoms with Crippen LogP contribution < -0.4 is 10.6 Å². The van der Waals surface area contributed by atoms with Crippen molar-refractivity contribution in [2.45, 2.75) is 32.0 Å². The first-order valence-corrected chi connectivity index (χ1v) is 10.7. The number of hydrogen-bond donors (Lipinski definition) is 2. The normalized spacial score (nSPS) is 11.8. The first kappa shape index (κ1) is 22.5. The van der Waals surface area contributed by atoms with E-state index >= 15 is 0 Å². The fraction of sp³-hybridized carbons (Fsp3) is 0.273. The maximum Gasteiger partial charge on any atom is 0.251 e. The quantitative estimate of drug-likeness (QED) is 0.545. The average molecular weight is 442 g/mol. The molecule has 2 amide bonds. The summed E-state index contributed by atoms with van der Waals surface area (Å²) in [6, 6.07) is 11.2. The fourth-order valence-corrected chi connectivity index (χ4v) is 3.72. The van der Waals surface area contributed by atoms with Crippen LogP contribution in [-0.2, 0) is 11.8 Å². The molecule has 9 heteroatoms. The van der Waals surface area contributed by atoms with Gasteiger partial charge >= 0.3 is 0 Å². The number of nitrogens with zero attached hydrogens (tertiary/aromatic N) is 3. The van der Waals surface area contributed by atoms with Gasteiger partial charge in [-0.15, -0.1) is 10.2 Å². The van der Waals surface area contributed by atoms with Crippen molar-refractivity contribution in [1.29, 1.82) is 0 Å². The van der Waals surface area contributed by atoms with Crippen LogP contribution in [-0.4, -0.2) is 32.3 Å². The lowest BCUT2D eigenvalue weighted by molar-refractivity contribution is -0.113. The van der Waals surface area contributed by atoms with E-state index in [0.29, 0.717) is 22.2 Å². The Labute approximate surface area is 184 Å². The summed E-state index contributed by atoms with van der Waals surface area (Å²) in [5.41, 5.74) is 2.80. The van der Waals surface area contributed by atoms with Crippen molar-refractivity contribution < 1.29 is 14.0 Å². The summed E-state index contributed by atoms with van der Waals surface area (Å²) in [4.78, 5) is 24.7. The van der Waals surface area contributed by atoms with Gasteiger partial charge in [0, 0.05) is 18.3 Å². The van der Waals surface area contributed by atoms with Crippen molar-refractivity contribution in [3.8, 4) is 0 Å². The summed E-state index contributed by atoms with van der Waals surface area (Å²) in [7, 11) is 1.78. The predicted octanol–water partition coefficient (Wildman–Crippen LogP) is 3.79. The van der Waals surface area contributed by atoms with Gasteiger partial charge in [0.25, 0.3) is 5.91 Å². The maximum atomic E-state index is 13.4. The molecule has 1 atom stereocenters. The van der Waals surface area contributed by atoms with Crippen LogP contribution in [0.1, 0.15) is 40.3 Å². The van der Waals surface area contributed by atoms with Gasteiger partial charge in [-0.25, -0.2) is 4.39 Å². The number of carbonyl (C=O) groups excluding carboxylic acids is 2. The highest BCUT2D eigenvalue weighted by Crippen LogP contribution is 2.21. The minimum atomic E-state index is -0.409. The Morgan fingerprint density at radius 3 is 2.68 bits per heavy atom. The highest BCUT2D eigenvalue weighted by atomic mass is 32.2. The van der Waals surface area contributed by atoms with Crippen LogP contribution in [0.3, 0.4) is 0 Å². The lowest BCUT2D eigenvalue weighted by Gasteiger charge is -2.14. The molecule has 2 N–H and O–H groups in total. The number of anilines is 1. The predicted molar refractivity (Wildman–Crippen MR) is 119 cm³/mol. The van der Waals surface area contributed by atoms with Crippen molar-refractivity contribution in [2.75, 3.05) is 11.1 Å². The third-order valence-corrected chi connectivity index (χ3v) is 5.71. The lowest BCUT2D eigenvalue weighted by Crippen LogP contribution is -2.28. The highest BCUT2D eigenvalue weighted by Gasteiger charge is 2.19. The van der Waals surface area contributed by atoms with Gasteiger partial charge in [-0.2, -0.15) is 0 Å². The number of benzene rings is 2. The molecule has 0 bridgehead atoms. The van der Waals surface area contributed by atoms with Gasteiger partial charge in [0.1, 0.15) is 5.82 Å². The van der Waals surface area contributed by atoms with Gasteiger partial charge in [-0.05, 0) is 50.6 Å². The molecule has 1 aromatic heterocycles. The van der Waals surface area contributed by atoms with E-state index in [-0.39, 0.29) is 23.6 Å². The SMILES string of the molecule is Cc1cccc(C(=O)N[C@@H](C)c2nnc(SCC(=O)Nc3cc(F)ccc3C)n2C)c1. The molecule has 162 valence electrons. The van der Waals surface area contributed by atoms with Crippen molar-refractivity contribution in [2.24, 2.45) is 7.05 Å². The molecular weight excluding hydrogens is 417 g/mol. The summed E-state index contributed by atoms with van der Waals surface area (Å²) in [5, 5.41) is 14.5. The summed E-state index contributed by atoms with van der Waals surface area (Å²) < 4.78 is 15.1. The Balaban J connectivity index is 1.59. The van der Waals surface area contributed by atoms with Crippen molar-refractivity contribution >= 4 is 29.3 Å². The van der Waals surface area contributed by atoms with E-state index in [1.54, 1.807) is 30.7 Å². The zero-order valence-corrected chi connectivity index (χ0v) is 18.6. The number of amides is 2. The fourth-order valence-electron chi connectivity index (χ4n) is 3.01. The number of nitrogens with one attached hydrogen (secondary N) is 2. The molecule has 0 unspecified atom stereocenters. The topological polar surface area (TPSA) is 88.9 Å². The molecular formula is C22H24FN5O2S. The third-order valence-electron chi connectivity index (χ3n) is 4.69. The Bertz CT molecular complexity index is 1120. The molecule has 3 rings (SSSR count). The van der Waals surface area contributed by atoms with Crippen molar-refractivity contribution in [3.63, 3.8) is 0 Å². The van der Waals surface area contributed by atoms with E-state index in [2.05, 4.69) is 20.8 Å². The average Bonchev–Trinajstić information content (AvgIpc) is 3.09. The van der Waals surface area contributed by atoms with Crippen LogP contribution in [0.4, 0.5) is 10.1 Å². The van der Waals surface area contributed by atoms with E-state index < -0.39 is 5.82 Å². The molecule has 1 heterocycles. The smallest absolute Gasteiger partial charge is 0.251 e. The van der Waals surface area contributed by atoms with E-state index in [1.807, 2.05) is 32.0 Å². The molecule has 0 spiro atoms. The van der Waals surface area contributed by atoms with Crippen LogP contribution in [0.5, 0.6) is 0 Å². The summed E-state index contributed by atoms with van der Waals surface area (Å²) in [5.74, 6) is -0.216. The van der Waals surface area contributed by atoms with Crippen LogP contribution in [0.25, 0.3) is 0 Å². The molecule has 0 saturated carbocycles. The number of halogens is 1. The van der Waals surface area contributed by atoms with Crippen LogP contribution in [0, 0.1) is 19.7 Å². The first-order valence-electron chi connectivity index (χ1n) is 9.70. The van der Waals surface area contributed by atoms with Crippen LogP contribution in [0.2, 0.25) is 0 Å². The maximum absolute atomic E-state index is 13.4. The summed E-state index contributed by atoms with van der Waals surface area (Å²) in [6.07, 6.45) is 0. The van der Waals surface area contributed by atoms with E-state index in [0.717, 1.165) is 11.1 Å². The second-order valence-corrected chi connectivity index (χ2v) is 8.20. The minimum Gasteiger partial charge on any atom is -0.342 e. The van der Waals surface area contributed by atoms with Gasteiger partial charge < -0.3 is 15.2 Å². The third kappa shape index (κ3) is 5.69. The molecule has 3 aromatic rings. The number of hydrogen-bond acceptors (Lipinski definition) is 5. The first-order chi connectivity index (χ1) is 14.7. The molecule has 0 fully saturated rings. The number of carbonyl (C=O) groups is 2. The zero-order chi connectivity index (χ0) is 22.5. The summed E-state index contributed by atoms with van der Waals surface area (Å²) >= 11 is 1.21. The Kier molecular flexibility index (Phi) is 7.06. The second kappa shape index (κ2) is 9.74. The number of aryl methyl sites for hydroxylation is 2. The Hall–Kier alpha value is -3.20. The highest BCUT2D eigenvalue weighted by molar-refractivity contribution is 7.99. The molecule has 0 saturated heterocycles. The summed E-state index contributed by atoms with van der Waals surface area (Å²) in [6.45, 7) is 5.55. The largest absolute Gasteiger partial charge is 0.342 e. The van der Waals surface area contributed by atoms with Crippen molar-refractivity contribution in [3.05, 3.63) is 70.8 Å². The van der Waals surface area contributed by atoms with E-state index in [4.69, 9.17) is 0 Å². The van der Waals surface area contributed by atoms with Gasteiger partial charge in [-0.3, -0.25) is 9.59 Å². The van der Waals surface area contributed by atoms with Gasteiger partial charge in [0.05, 0.1) is 11.8 Å². The lowest BCUT2D eigenvalue weighted by atomic mass is 10.1. The zero-order valence-electron chi connectivity index (χ0n) is 17.8. The van der Waals surface area contributed by atoms with Gasteiger partial charge in [0.2, 0.25) is 5.91 Å². The molecule has 0 radical (unpaired) electrons. The van der Waals surface area contributed by atoms with Crippen molar-refractivity contribution in [1.82, 2.24) is 20.1 Å². The van der Waals surface area contributed by atoms with Crippen LogP contribution in [0.15, 0.2) is 47.6 Å². The molecule has 7 nitrogen and oxygen atoms in total. The molecule has 2 aromatic carbocycles. The molecule has 31 heavy (non-hydrogen) atoms. The second-order valence-electron chi connectivity index (χ2n) is 7.26. The number of thioether (sulfide) groups is 1. The monoisotopic (exact) mass is 441 g/mol. The molecule has 0 aliphatic rings. The van der Waals surface area contributed by atoms with Crippen LogP contribution >= 0.6 is 11.8 Å². The van der Waals surface area contributed by atoms with E-state index in [1.165, 1.54) is 23.9 Å². The number of rotatable bonds is 7. The van der Waals surface area contributed by atoms with E-state index in [9.17, 15) is 14.0 Å². The molecule has 0 aliphatic heterocycles. The molecule has 0 aliphatic carbocycles.